The molecule has 0 saturated heterocycles. The molecule has 0 aromatic carbocycles. The largest absolute Gasteiger partial charge is 0.477 e. The zero-order chi connectivity index (χ0) is 15.2. The highest BCUT2D eigenvalue weighted by atomic mass is 16.4. The Hall–Kier alpha value is -1.95. The van der Waals surface area contributed by atoms with Gasteiger partial charge in [0, 0.05) is 19.3 Å². The number of hydrogen-bond acceptors (Lipinski definition) is 4. The smallest absolute Gasteiger partial charge is 0.354 e. The minimum absolute atomic E-state index is 0.0153. The summed E-state index contributed by atoms with van der Waals surface area (Å²) in [6.45, 7) is 4.51. The summed E-state index contributed by atoms with van der Waals surface area (Å²) in [5.41, 5.74) is 5.92. The highest BCUT2D eigenvalue weighted by Crippen LogP contribution is 2.25. The summed E-state index contributed by atoms with van der Waals surface area (Å²) in [4.78, 5) is 26.7. The number of nitrogens with one attached hydrogen (secondary N) is 1. The molecule has 0 radical (unpaired) electrons. The molecule has 0 spiro atoms. The third kappa shape index (κ3) is 3.54. The number of rotatable bonds is 7. The molecule has 1 aromatic rings. The topological polar surface area (TPSA) is 105 Å². The summed E-state index contributed by atoms with van der Waals surface area (Å²) in [6, 6.07) is 3.05. The maximum absolute atomic E-state index is 12.2. The zero-order valence-corrected chi connectivity index (χ0v) is 11.8. The van der Waals surface area contributed by atoms with E-state index in [1.165, 1.54) is 12.3 Å². The van der Waals surface area contributed by atoms with Crippen molar-refractivity contribution in [3.05, 3.63) is 29.6 Å². The zero-order valence-electron chi connectivity index (χ0n) is 11.8. The molecule has 110 valence electrons. The molecule has 20 heavy (non-hydrogen) atoms. The van der Waals surface area contributed by atoms with E-state index >= 15 is 0 Å². The van der Waals surface area contributed by atoms with Crippen LogP contribution in [-0.2, 0) is 11.3 Å². The summed E-state index contributed by atoms with van der Waals surface area (Å²) < 4.78 is 0. The minimum Gasteiger partial charge on any atom is -0.477 e. The Labute approximate surface area is 118 Å². The van der Waals surface area contributed by atoms with E-state index in [2.05, 4.69) is 10.3 Å². The number of amides is 1. The molecule has 0 aliphatic heterocycles. The third-order valence-corrected chi connectivity index (χ3v) is 3.72. The monoisotopic (exact) mass is 279 g/mol. The number of carboxylic acid groups (broad SMARTS) is 1. The average molecular weight is 279 g/mol. The first-order valence-corrected chi connectivity index (χ1v) is 6.65. The number of carboxylic acids is 1. The van der Waals surface area contributed by atoms with Gasteiger partial charge in [-0.15, -0.1) is 0 Å². The van der Waals surface area contributed by atoms with E-state index in [-0.39, 0.29) is 11.6 Å². The molecule has 1 heterocycles. The normalized spacial score (nSPS) is 11.2. The van der Waals surface area contributed by atoms with Crippen molar-refractivity contribution in [2.75, 3.05) is 6.54 Å². The fraction of sp³-hybridized carbons (Fsp3) is 0.500. The van der Waals surface area contributed by atoms with Crippen molar-refractivity contribution in [1.82, 2.24) is 10.3 Å². The van der Waals surface area contributed by atoms with E-state index < -0.39 is 11.4 Å². The van der Waals surface area contributed by atoms with E-state index in [1.807, 2.05) is 13.8 Å². The minimum atomic E-state index is -1.07. The van der Waals surface area contributed by atoms with Gasteiger partial charge in [-0.3, -0.25) is 4.79 Å². The van der Waals surface area contributed by atoms with Crippen molar-refractivity contribution in [2.24, 2.45) is 11.1 Å². The molecule has 1 aromatic heterocycles. The van der Waals surface area contributed by atoms with Gasteiger partial charge in [0.15, 0.2) is 0 Å². The molecule has 0 atom stereocenters. The second-order valence-electron chi connectivity index (χ2n) is 4.73. The van der Waals surface area contributed by atoms with Gasteiger partial charge in [0.25, 0.3) is 0 Å². The predicted octanol–water partition coefficient (Wildman–Crippen LogP) is 1.16. The Bertz CT molecular complexity index is 459. The van der Waals surface area contributed by atoms with Crippen LogP contribution >= 0.6 is 0 Å². The average Bonchev–Trinajstić information content (AvgIpc) is 2.48. The van der Waals surface area contributed by atoms with Gasteiger partial charge in [-0.1, -0.05) is 19.9 Å². The molecule has 0 bridgehead atoms. The predicted molar refractivity (Wildman–Crippen MR) is 75.1 cm³/mol. The lowest BCUT2D eigenvalue weighted by atomic mass is 9.81. The molecule has 1 amide bonds. The highest BCUT2D eigenvalue weighted by Gasteiger charge is 2.32. The fourth-order valence-electron chi connectivity index (χ4n) is 1.98. The summed E-state index contributed by atoms with van der Waals surface area (Å²) in [7, 11) is 0. The van der Waals surface area contributed by atoms with Crippen molar-refractivity contribution in [3.8, 4) is 0 Å². The molecule has 6 nitrogen and oxygen atoms in total. The van der Waals surface area contributed by atoms with Crippen LogP contribution in [0.25, 0.3) is 0 Å². The summed E-state index contributed by atoms with van der Waals surface area (Å²) in [5.74, 6) is -1.15. The molecule has 0 aliphatic carbocycles. The second kappa shape index (κ2) is 7.00. The number of aromatic carboxylic acids is 1. The van der Waals surface area contributed by atoms with E-state index in [0.717, 1.165) is 5.56 Å². The number of carbonyl (C=O) groups excluding carboxylic acids is 1. The van der Waals surface area contributed by atoms with Crippen molar-refractivity contribution >= 4 is 11.9 Å². The Kier molecular flexibility index (Phi) is 5.64. The maximum Gasteiger partial charge on any atom is 0.354 e. The van der Waals surface area contributed by atoms with Crippen molar-refractivity contribution in [1.29, 1.82) is 0 Å². The van der Waals surface area contributed by atoms with Gasteiger partial charge in [-0.25, -0.2) is 9.78 Å². The first kappa shape index (κ1) is 16.1. The Morgan fingerprint density at radius 3 is 2.40 bits per heavy atom. The molecule has 0 fully saturated rings. The quantitative estimate of drug-likeness (QED) is 0.694. The number of aromatic nitrogens is 1. The molecule has 0 saturated carbocycles. The Balaban J connectivity index is 2.67. The van der Waals surface area contributed by atoms with Crippen LogP contribution in [0.5, 0.6) is 0 Å². The van der Waals surface area contributed by atoms with Crippen LogP contribution in [0.3, 0.4) is 0 Å². The van der Waals surface area contributed by atoms with Gasteiger partial charge >= 0.3 is 5.97 Å². The van der Waals surface area contributed by atoms with Gasteiger partial charge < -0.3 is 16.2 Å². The lowest BCUT2D eigenvalue weighted by molar-refractivity contribution is -0.131. The van der Waals surface area contributed by atoms with Crippen LogP contribution in [0.2, 0.25) is 0 Å². The van der Waals surface area contributed by atoms with Crippen LogP contribution in [0.1, 0.15) is 42.7 Å². The Morgan fingerprint density at radius 2 is 2.00 bits per heavy atom. The van der Waals surface area contributed by atoms with Gasteiger partial charge in [0.2, 0.25) is 5.91 Å². The van der Waals surface area contributed by atoms with E-state index in [1.54, 1.807) is 6.07 Å². The van der Waals surface area contributed by atoms with Crippen LogP contribution in [0, 0.1) is 5.41 Å². The Morgan fingerprint density at radius 1 is 1.35 bits per heavy atom. The fourth-order valence-corrected chi connectivity index (χ4v) is 1.98. The van der Waals surface area contributed by atoms with E-state index in [0.29, 0.717) is 25.9 Å². The molecule has 1 rings (SSSR count). The van der Waals surface area contributed by atoms with Gasteiger partial charge in [-0.2, -0.15) is 0 Å². The first-order valence-electron chi connectivity index (χ1n) is 6.65. The summed E-state index contributed by atoms with van der Waals surface area (Å²) >= 11 is 0. The first-order chi connectivity index (χ1) is 9.49. The van der Waals surface area contributed by atoms with E-state index in [4.69, 9.17) is 10.8 Å². The SMILES string of the molecule is CCC(CC)(CN)C(=O)NCc1ccc(C(=O)O)nc1. The highest BCUT2D eigenvalue weighted by molar-refractivity contribution is 5.85. The van der Waals surface area contributed by atoms with E-state index in [9.17, 15) is 9.59 Å². The molecule has 0 unspecified atom stereocenters. The number of hydrogen-bond donors (Lipinski definition) is 3. The lowest BCUT2D eigenvalue weighted by Crippen LogP contribution is -2.45. The third-order valence-electron chi connectivity index (χ3n) is 3.72. The van der Waals surface area contributed by atoms with Crippen molar-refractivity contribution < 1.29 is 14.7 Å². The van der Waals surface area contributed by atoms with Gasteiger partial charge in [0.05, 0.1) is 5.41 Å². The van der Waals surface area contributed by atoms with Gasteiger partial charge in [0.1, 0.15) is 5.69 Å². The summed E-state index contributed by atoms with van der Waals surface area (Å²) in [6.07, 6.45) is 2.82. The maximum atomic E-state index is 12.2. The standard InChI is InChI=1S/C14H21N3O3/c1-3-14(4-2,9-15)13(20)17-8-10-5-6-11(12(18)19)16-7-10/h5-7H,3-4,8-9,15H2,1-2H3,(H,17,20)(H,18,19). The number of carbonyl (C=O) groups is 2. The van der Waals surface area contributed by atoms with Crippen LogP contribution in [-0.4, -0.2) is 28.5 Å². The van der Waals surface area contributed by atoms with Crippen LogP contribution in [0.4, 0.5) is 0 Å². The molecule has 0 aliphatic rings. The lowest BCUT2D eigenvalue weighted by Gasteiger charge is -2.28. The number of nitrogens with zero attached hydrogens (tertiary/aromatic N) is 1. The molecule has 4 N–H and O–H groups in total. The van der Waals surface area contributed by atoms with Gasteiger partial charge in [-0.05, 0) is 24.5 Å². The van der Waals surface area contributed by atoms with Crippen molar-refractivity contribution in [2.45, 2.75) is 33.2 Å². The van der Waals surface area contributed by atoms with Crippen LogP contribution < -0.4 is 11.1 Å². The molecule has 6 heteroatoms. The molecular weight excluding hydrogens is 258 g/mol. The number of nitrogens with two attached hydrogens (primary N) is 1. The van der Waals surface area contributed by atoms with Crippen LogP contribution in [0.15, 0.2) is 18.3 Å². The van der Waals surface area contributed by atoms with Crippen molar-refractivity contribution in [3.63, 3.8) is 0 Å². The number of pyridine rings is 1. The summed E-state index contributed by atoms with van der Waals surface area (Å²) in [5, 5.41) is 11.6. The molecular formula is C14H21N3O3. The second-order valence-corrected chi connectivity index (χ2v) is 4.73.